The minimum Gasteiger partial charge on any atom is -0.550 e. The minimum absolute atomic E-state index is 0.0224. The first-order valence-corrected chi connectivity index (χ1v) is 7.22. The molecule has 0 bridgehead atoms. The van der Waals surface area contributed by atoms with Gasteiger partial charge in [-0.1, -0.05) is 36.4 Å². The van der Waals surface area contributed by atoms with Crippen LogP contribution in [0.25, 0.3) is 0 Å². The highest BCUT2D eigenvalue weighted by atomic mass is 127. The molecule has 0 saturated heterocycles. The fourth-order valence-corrected chi connectivity index (χ4v) is 4.08. The third kappa shape index (κ3) is 2.06. The van der Waals surface area contributed by atoms with Crippen molar-refractivity contribution in [3.63, 3.8) is 0 Å². The Morgan fingerprint density at radius 3 is 2.29 bits per heavy atom. The standard InChI is InChI=1S/C12H20INO3/c1-11(10(16)17)6-5-8(9(15)14(3)4)12(11,2)7-13/h8H,5-7H2,1-4H3,(H,16,17)/p-1/t8-,11-,12-/m1/s1. The van der Waals surface area contributed by atoms with E-state index in [2.05, 4.69) is 22.6 Å². The number of amides is 1. The molecular formula is C12H19INO3-. The van der Waals surface area contributed by atoms with Crippen LogP contribution in [0.3, 0.4) is 0 Å². The van der Waals surface area contributed by atoms with Gasteiger partial charge in [0.1, 0.15) is 0 Å². The fourth-order valence-electron chi connectivity index (χ4n) is 2.71. The van der Waals surface area contributed by atoms with Gasteiger partial charge in [-0.25, -0.2) is 0 Å². The van der Waals surface area contributed by atoms with Crippen LogP contribution in [-0.4, -0.2) is 35.3 Å². The summed E-state index contributed by atoms with van der Waals surface area (Å²) in [4.78, 5) is 25.1. The number of carboxylic acids is 1. The second-order valence-corrected chi connectivity index (χ2v) is 6.26. The Balaban J connectivity index is 3.15. The molecule has 1 aliphatic carbocycles. The van der Waals surface area contributed by atoms with E-state index >= 15 is 0 Å². The van der Waals surface area contributed by atoms with Crippen LogP contribution in [0.15, 0.2) is 0 Å². The SMILES string of the molecule is CN(C)C(=O)[C@H]1CC[C@](C)(C(=O)[O-])[C@]1(C)CI. The van der Waals surface area contributed by atoms with Gasteiger partial charge in [0.2, 0.25) is 5.91 Å². The Morgan fingerprint density at radius 1 is 1.41 bits per heavy atom. The van der Waals surface area contributed by atoms with Crippen molar-refractivity contribution in [1.29, 1.82) is 0 Å². The summed E-state index contributed by atoms with van der Waals surface area (Å²) in [5, 5.41) is 11.4. The van der Waals surface area contributed by atoms with Crippen LogP contribution >= 0.6 is 22.6 Å². The summed E-state index contributed by atoms with van der Waals surface area (Å²) in [5.41, 5.74) is -1.45. The van der Waals surface area contributed by atoms with Crippen LogP contribution < -0.4 is 5.11 Å². The van der Waals surface area contributed by atoms with Crippen LogP contribution in [0.1, 0.15) is 26.7 Å². The number of rotatable bonds is 3. The summed E-state index contributed by atoms with van der Waals surface area (Å²) in [6.45, 7) is 3.61. The lowest BCUT2D eigenvalue weighted by Gasteiger charge is -2.44. The molecule has 5 heteroatoms. The van der Waals surface area contributed by atoms with E-state index in [1.54, 1.807) is 25.9 Å². The molecular weight excluding hydrogens is 333 g/mol. The van der Waals surface area contributed by atoms with Gasteiger partial charge in [-0.15, -0.1) is 0 Å². The maximum atomic E-state index is 12.1. The summed E-state index contributed by atoms with van der Waals surface area (Å²) < 4.78 is 0.638. The van der Waals surface area contributed by atoms with Gasteiger partial charge in [-0.3, -0.25) is 4.79 Å². The number of aliphatic carboxylic acids is 1. The van der Waals surface area contributed by atoms with Crippen molar-refractivity contribution in [1.82, 2.24) is 4.90 Å². The minimum atomic E-state index is -1.04. The number of alkyl halides is 1. The van der Waals surface area contributed by atoms with Crippen molar-refractivity contribution in [3.8, 4) is 0 Å². The quantitative estimate of drug-likeness (QED) is 0.555. The summed E-state index contributed by atoms with van der Waals surface area (Å²) in [7, 11) is 3.43. The zero-order valence-electron chi connectivity index (χ0n) is 10.7. The maximum absolute atomic E-state index is 12.1. The van der Waals surface area contributed by atoms with Crippen LogP contribution in [0.4, 0.5) is 0 Å². The number of carboxylic acid groups (broad SMARTS) is 1. The van der Waals surface area contributed by atoms with Gasteiger partial charge in [-0.05, 0) is 18.3 Å². The van der Waals surface area contributed by atoms with Gasteiger partial charge >= 0.3 is 0 Å². The van der Waals surface area contributed by atoms with E-state index in [1.807, 2.05) is 6.92 Å². The first kappa shape index (κ1) is 14.7. The molecule has 1 saturated carbocycles. The van der Waals surface area contributed by atoms with Crippen molar-refractivity contribution in [3.05, 3.63) is 0 Å². The molecule has 0 aromatic heterocycles. The fraction of sp³-hybridized carbons (Fsp3) is 0.833. The van der Waals surface area contributed by atoms with E-state index in [0.29, 0.717) is 17.3 Å². The van der Waals surface area contributed by atoms with E-state index in [1.165, 1.54) is 0 Å². The predicted octanol–water partition coefficient (Wildman–Crippen LogP) is 0.682. The molecule has 17 heavy (non-hydrogen) atoms. The highest BCUT2D eigenvalue weighted by Gasteiger charge is 2.57. The molecule has 1 fully saturated rings. The smallest absolute Gasteiger partial charge is 0.225 e. The molecule has 0 N–H and O–H groups in total. The van der Waals surface area contributed by atoms with Crippen molar-refractivity contribution in [2.75, 3.05) is 18.5 Å². The topological polar surface area (TPSA) is 60.4 Å². The van der Waals surface area contributed by atoms with Gasteiger partial charge < -0.3 is 14.8 Å². The lowest BCUT2D eigenvalue weighted by Crippen LogP contribution is -2.52. The molecule has 1 rings (SSSR count). The molecule has 0 unspecified atom stereocenters. The Hall–Kier alpha value is -0.330. The highest BCUT2D eigenvalue weighted by molar-refractivity contribution is 14.1. The summed E-state index contributed by atoms with van der Waals surface area (Å²) in [6, 6.07) is 0. The monoisotopic (exact) mass is 352 g/mol. The Bertz CT molecular complexity index is 345. The number of hydrogen-bond donors (Lipinski definition) is 0. The summed E-state index contributed by atoms with van der Waals surface area (Å²) in [6.07, 6.45) is 1.14. The van der Waals surface area contributed by atoms with Gasteiger partial charge in [0, 0.05) is 35.8 Å². The molecule has 0 spiro atoms. The van der Waals surface area contributed by atoms with Crippen LogP contribution in [-0.2, 0) is 9.59 Å². The number of carbonyl (C=O) groups excluding carboxylic acids is 2. The van der Waals surface area contributed by atoms with Crippen molar-refractivity contribution in [2.45, 2.75) is 26.7 Å². The molecule has 0 aliphatic heterocycles. The number of halogens is 1. The maximum Gasteiger partial charge on any atom is 0.225 e. The van der Waals surface area contributed by atoms with E-state index in [-0.39, 0.29) is 11.8 Å². The Morgan fingerprint density at radius 2 is 1.94 bits per heavy atom. The highest BCUT2D eigenvalue weighted by Crippen LogP contribution is 2.57. The molecule has 3 atom stereocenters. The van der Waals surface area contributed by atoms with Gasteiger partial charge in [-0.2, -0.15) is 0 Å². The second kappa shape index (κ2) is 4.74. The van der Waals surface area contributed by atoms with E-state index in [9.17, 15) is 14.7 Å². The molecule has 98 valence electrons. The van der Waals surface area contributed by atoms with Crippen LogP contribution in [0.2, 0.25) is 0 Å². The first-order valence-electron chi connectivity index (χ1n) is 5.69. The van der Waals surface area contributed by atoms with E-state index in [4.69, 9.17) is 0 Å². The van der Waals surface area contributed by atoms with Gasteiger partial charge in [0.25, 0.3) is 0 Å². The van der Waals surface area contributed by atoms with E-state index in [0.717, 1.165) is 0 Å². The lowest BCUT2D eigenvalue weighted by atomic mass is 9.65. The van der Waals surface area contributed by atoms with Gasteiger partial charge in [0.05, 0.1) is 0 Å². The third-order valence-corrected chi connectivity index (χ3v) is 6.01. The average molecular weight is 352 g/mol. The second-order valence-electron chi connectivity index (χ2n) is 5.49. The third-order valence-electron chi connectivity index (χ3n) is 4.43. The van der Waals surface area contributed by atoms with Crippen LogP contribution in [0.5, 0.6) is 0 Å². The molecule has 0 heterocycles. The van der Waals surface area contributed by atoms with Crippen molar-refractivity contribution >= 4 is 34.5 Å². The lowest BCUT2D eigenvalue weighted by molar-refractivity contribution is -0.322. The van der Waals surface area contributed by atoms with E-state index < -0.39 is 16.8 Å². The molecule has 1 aliphatic rings. The van der Waals surface area contributed by atoms with Gasteiger partial charge in [0.15, 0.2) is 0 Å². The molecule has 0 radical (unpaired) electrons. The summed E-state index contributed by atoms with van der Waals surface area (Å²) in [5.74, 6) is -1.24. The Labute approximate surface area is 116 Å². The molecule has 4 nitrogen and oxygen atoms in total. The van der Waals surface area contributed by atoms with Crippen molar-refractivity contribution < 1.29 is 14.7 Å². The Kier molecular flexibility index (Phi) is 4.11. The molecule has 0 aromatic rings. The average Bonchev–Trinajstić information content (AvgIpc) is 2.53. The molecule has 0 aromatic carbocycles. The molecule has 1 amide bonds. The number of hydrogen-bond acceptors (Lipinski definition) is 3. The largest absolute Gasteiger partial charge is 0.550 e. The normalized spacial score (nSPS) is 36.9. The zero-order chi connectivity index (χ0) is 13.4. The van der Waals surface area contributed by atoms with Crippen LogP contribution in [0, 0.1) is 16.7 Å². The predicted molar refractivity (Wildman–Crippen MR) is 71.5 cm³/mol. The summed E-state index contributed by atoms with van der Waals surface area (Å²) >= 11 is 2.17. The first-order chi connectivity index (χ1) is 7.70. The number of carbonyl (C=O) groups is 2. The zero-order valence-corrected chi connectivity index (χ0v) is 12.9. The number of nitrogens with zero attached hydrogens (tertiary/aromatic N) is 1. The van der Waals surface area contributed by atoms with Crippen molar-refractivity contribution in [2.24, 2.45) is 16.7 Å².